The lowest BCUT2D eigenvalue weighted by Crippen LogP contribution is -2.41. The highest BCUT2D eigenvalue weighted by molar-refractivity contribution is 5.92. The van der Waals surface area contributed by atoms with Crippen molar-refractivity contribution in [2.24, 2.45) is 5.92 Å². The van der Waals surface area contributed by atoms with Gasteiger partial charge in [-0.15, -0.1) is 0 Å². The molecule has 2 heterocycles. The zero-order valence-electron chi connectivity index (χ0n) is 20.4. The summed E-state index contributed by atoms with van der Waals surface area (Å²) in [5, 5.41) is 2.80. The maximum atomic E-state index is 13.2. The molecule has 2 amide bonds. The molecule has 3 aromatic rings. The Morgan fingerprint density at radius 1 is 1.20 bits per heavy atom. The van der Waals surface area contributed by atoms with Gasteiger partial charge < -0.3 is 19.4 Å². The van der Waals surface area contributed by atoms with Gasteiger partial charge in [0.25, 0.3) is 5.91 Å². The van der Waals surface area contributed by atoms with E-state index in [2.05, 4.69) is 47.6 Å². The largest absolute Gasteiger partial charge is 0.484 e. The van der Waals surface area contributed by atoms with Gasteiger partial charge in [-0.2, -0.15) is 0 Å². The zero-order chi connectivity index (χ0) is 24.5. The fraction of sp³-hybridized carbons (Fsp3) is 0.393. The van der Waals surface area contributed by atoms with Crippen LogP contribution < -0.4 is 10.1 Å². The Balaban J connectivity index is 1.39. The summed E-state index contributed by atoms with van der Waals surface area (Å²) < 4.78 is 11.4. The molecule has 182 valence electrons. The van der Waals surface area contributed by atoms with Gasteiger partial charge >= 0.3 is 0 Å². The first-order chi connectivity index (χ1) is 16.9. The molecule has 1 unspecified atom stereocenters. The number of aromatic nitrogens is 1. The number of hydrogen-bond donors (Lipinski definition) is 1. The van der Waals surface area contributed by atoms with Gasteiger partial charge in [0.2, 0.25) is 11.8 Å². The Hall–Kier alpha value is -3.61. The Morgan fingerprint density at radius 2 is 2.03 bits per heavy atom. The van der Waals surface area contributed by atoms with E-state index in [1.807, 2.05) is 30.9 Å². The van der Waals surface area contributed by atoms with Crippen molar-refractivity contribution in [3.63, 3.8) is 0 Å². The third kappa shape index (κ3) is 5.09. The fourth-order valence-corrected chi connectivity index (χ4v) is 4.65. The molecule has 0 bridgehead atoms. The van der Waals surface area contributed by atoms with Gasteiger partial charge in [0.1, 0.15) is 12.0 Å². The van der Waals surface area contributed by atoms with Gasteiger partial charge in [-0.3, -0.25) is 9.59 Å². The second-order valence-electron chi connectivity index (χ2n) is 9.78. The van der Waals surface area contributed by atoms with E-state index in [0.717, 1.165) is 36.9 Å². The van der Waals surface area contributed by atoms with E-state index in [4.69, 9.17) is 9.15 Å². The topological polar surface area (TPSA) is 84.7 Å². The SMILES string of the molecule is Cc1cccc(C2c3cc(OCc4nc(C(=O)NC(C)C)co4)ccc3CCN2C(=O)C2CC2)c1. The van der Waals surface area contributed by atoms with Crippen LogP contribution in [0.4, 0.5) is 0 Å². The van der Waals surface area contributed by atoms with E-state index in [9.17, 15) is 9.59 Å². The number of benzene rings is 2. The lowest BCUT2D eigenvalue weighted by atomic mass is 9.87. The molecule has 2 aliphatic rings. The summed E-state index contributed by atoms with van der Waals surface area (Å²) in [6, 6.07) is 14.3. The van der Waals surface area contributed by atoms with Crippen LogP contribution in [-0.2, 0) is 17.8 Å². The van der Waals surface area contributed by atoms with Crippen LogP contribution in [0.1, 0.15) is 71.4 Å². The van der Waals surface area contributed by atoms with Crippen LogP contribution in [0.25, 0.3) is 0 Å². The quantitative estimate of drug-likeness (QED) is 0.543. The van der Waals surface area contributed by atoms with Crippen LogP contribution in [0.3, 0.4) is 0 Å². The van der Waals surface area contributed by atoms with E-state index >= 15 is 0 Å². The first-order valence-corrected chi connectivity index (χ1v) is 12.3. The summed E-state index contributed by atoms with van der Waals surface area (Å²) in [6.45, 7) is 6.68. The molecule has 1 aromatic heterocycles. The van der Waals surface area contributed by atoms with Crippen molar-refractivity contribution in [3.05, 3.63) is 82.6 Å². The molecule has 7 nitrogen and oxygen atoms in total. The Morgan fingerprint density at radius 3 is 2.77 bits per heavy atom. The number of fused-ring (bicyclic) bond motifs is 1. The van der Waals surface area contributed by atoms with Crippen molar-refractivity contribution in [2.45, 2.75) is 58.7 Å². The Bertz CT molecular complexity index is 1240. The van der Waals surface area contributed by atoms with E-state index in [0.29, 0.717) is 11.6 Å². The number of amides is 2. The predicted molar refractivity (Wildman–Crippen MR) is 131 cm³/mol. The van der Waals surface area contributed by atoms with Crippen molar-refractivity contribution in [2.75, 3.05) is 6.54 Å². The summed E-state index contributed by atoms with van der Waals surface area (Å²) >= 11 is 0. The smallest absolute Gasteiger partial charge is 0.273 e. The van der Waals surface area contributed by atoms with Crippen LogP contribution in [0.15, 0.2) is 53.1 Å². The molecule has 1 aliphatic carbocycles. The van der Waals surface area contributed by atoms with E-state index < -0.39 is 0 Å². The third-order valence-electron chi connectivity index (χ3n) is 6.48. The average Bonchev–Trinajstić information content (AvgIpc) is 3.58. The van der Waals surface area contributed by atoms with Crippen LogP contribution >= 0.6 is 0 Å². The molecule has 1 aliphatic heterocycles. The number of nitrogens with one attached hydrogen (secondary N) is 1. The molecule has 5 rings (SSSR count). The summed E-state index contributed by atoms with van der Waals surface area (Å²) in [5.74, 6) is 1.15. The minimum atomic E-state index is -0.273. The summed E-state index contributed by atoms with van der Waals surface area (Å²) in [6.07, 6.45) is 4.14. The molecule has 7 heteroatoms. The lowest BCUT2D eigenvalue weighted by Gasteiger charge is -2.38. The third-order valence-corrected chi connectivity index (χ3v) is 6.48. The molecule has 1 N–H and O–H groups in total. The van der Waals surface area contributed by atoms with Crippen LogP contribution in [0.2, 0.25) is 0 Å². The number of oxazole rings is 1. The second kappa shape index (κ2) is 9.56. The van der Waals surface area contributed by atoms with Gasteiger partial charge in [0.05, 0.1) is 6.04 Å². The number of aryl methyl sites for hydroxylation is 1. The van der Waals surface area contributed by atoms with Gasteiger partial charge in [0, 0.05) is 18.5 Å². The van der Waals surface area contributed by atoms with E-state index in [1.165, 1.54) is 17.4 Å². The maximum Gasteiger partial charge on any atom is 0.273 e. The highest BCUT2D eigenvalue weighted by atomic mass is 16.5. The normalized spacial score (nSPS) is 17.3. The van der Waals surface area contributed by atoms with Crippen molar-refractivity contribution in [1.29, 1.82) is 0 Å². The molecular formula is C28H31N3O4. The molecule has 0 spiro atoms. The van der Waals surface area contributed by atoms with Crippen molar-refractivity contribution in [1.82, 2.24) is 15.2 Å². The highest BCUT2D eigenvalue weighted by Crippen LogP contribution is 2.41. The standard InChI is InChI=1S/C28H31N3O4/c1-17(2)29-27(32)24-15-35-25(30-24)16-34-22-10-9-19-11-12-31(28(33)20-7-8-20)26(23(19)14-22)21-6-4-5-18(3)13-21/h4-6,9-10,13-15,17,20,26H,7-8,11-12,16H2,1-3H3,(H,29,32). The zero-order valence-corrected chi connectivity index (χ0v) is 20.4. The van der Waals surface area contributed by atoms with Crippen molar-refractivity contribution < 1.29 is 18.7 Å². The minimum absolute atomic E-state index is 0.0158. The van der Waals surface area contributed by atoms with E-state index in [1.54, 1.807) is 0 Å². The number of ether oxygens (including phenoxy) is 1. The van der Waals surface area contributed by atoms with Gasteiger partial charge in [-0.25, -0.2) is 4.98 Å². The molecule has 2 aromatic carbocycles. The first kappa shape index (κ1) is 23.1. The van der Waals surface area contributed by atoms with Crippen LogP contribution in [0.5, 0.6) is 5.75 Å². The molecule has 0 saturated heterocycles. The first-order valence-electron chi connectivity index (χ1n) is 12.3. The minimum Gasteiger partial charge on any atom is -0.484 e. The highest BCUT2D eigenvalue weighted by Gasteiger charge is 2.39. The summed E-state index contributed by atoms with van der Waals surface area (Å²) in [4.78, 5) is 31.6. The summed E-state index contributed by atoms with van der Waals surface area (Å²) in [7, 11) is 0. The second-order valence-corrected chi connectivity index (χ2v) is 9.78. The molecule has 1 saturated carbocycles. The van der Waals surface area contributed by atoms with E-state index in [-0.39, 0.29) is 42.1 Å². The maximum absolute atomic E-state index is 13.2. The van der Waals surface area contributed by atoms with Crippen LogP contribution in [0, 0.1) is 12.8 Å². The van der Waals surface area contributed by atoms with Crippen molar-refractivity contribution in [3.8, 4) is 5.75 Å². The number of carbonyl (C=O) groups is 2. The monoisotopic (exact) mass is 473 g/mol. The van der Waals surface area contributed by atoms with Gasteiger partial charge in [-0.1, -0.05) is 35.9 Å². The number of carbonyl (C=O) groups excluding carboxylic acids is 2. The van der Waals surface area contributed by atoms with Crippen LogP contribution in [-0.4, -0.2) is 34.3 Å². The van der Waals surface area contributed by atoms with Gasteiger partial charge in [-0.05, 0) is 68.9 Å². The predicted octanol–water partition coefficient (Wildman–Crippen LogP) is 4.58. The van der Waals surface area contributed by atoms with Crippen molar-refractivity contribution >= 4 is 11.8 Å². The lowest BCUT2D eigenvalue weighted by molar-refractivity contribution is -0.134. The van der Waals surface area contributed by atoms with Gasteiger partial charge in [0.15, 0.2) is 12.3 Å². The number of hydrogen-bond acceptors (Lipinski definition) is 5. The number of nitrogens with zero attached hydrogens (tertiary/aromatic N) is 2. The molecule has 35 heavy (non-hydrogen) atoms. The fourth-order valence-electron chi connectivity index (χ4n) is 4.65. The number of rotatable bonds is 7. The molecule has 1 atom stereocenters. The Labute approximate surface area is 205 Å². The molecule has 0 radical (unpaired) electrons. The summed E-state index contributed by atoms with van der Waals surface area (Å²) in [5.41, 5.74) is 4.84. The molecule has 1 fully saturated rings. The molecular weight excluding hydrogens is 442 g/mol. The average molecular weight is 474 g/mol. The Kier molecular flexibility index (Phi) is 6.32.